The zero-order valence-corrected chi connectivity index (χ0v) is 18.0. The van der Waals surface area contributed by atoms with Crippen LogP contribution in [0.15, 0.2) is 42.9 Å². The lowest BCUT2D eigenvalue weighted by Gasteiger charge is -2.26. The van der Waals surface area contributed by atoms with E-state index in [-0.39, 0.29) is 17.4 Å². The number of hydrogen-bond acceptors (Lipinski definition) is 5. The summed E-state index contributed by atoms with van der Waals surface area (Å²) in [5, 5.41) is 0.287. The Morgan fingerprint density at radius 2 is 1.72 bits per heavy atom. The van der Waals surface area contributed by atoms with E-state index in [2.05, 4.69) is 21.0 Å². The normalized spacial score (nSPS) is 11.4. The van der Waals surface area contributed by atoms with Crippen molar-refractivity contribution in [1.82, 2.24) is 15.0 Å². The van der Waals surface area contributed by atoms with Gasteiger partial charge in [-0.05, 0) is 56.0 Å². The predicted molar refractivity (Wildman–Crippen MR) is 114 cm³/mol. The highest BCUT2D eigenvalue weighted by atomic mass is 35.5. The van der Waals surface area contributed by atoms with E-state index in [4.69, 9.17) is 16.3 Å². The number of nitrogens with zero attached hydrogens (tertiary/aromatic N) is 3. The van der Waals surface area contributed by atoms with Gasteiger partial charge in [0.25, 0.3) is 0 Å². The van der Waals surface area contributed by atoms with E-state index in [1.54, 1.807) is 12.3 Å². The lowest BCUT2D eigenvalue weighted by Crippen LogP contribution is -2.31. The van der Waals surface area contributed by atoms with Gasteiger partial charge in [-0.25, -0.2) is 15.0 Å². The molecule has 3 aromatic rings. The molecule has 0 aliphatic heterocycles. The number of carbonyl (C=O) groups is 1. The molecule has 0 aliphatic rings. The van der Waals surface area contributed by atoms with Gasteiger partial charge in [-0.3, -0.25) is 4.79 Å². The van der Waals surface area contributed by atoms with Crippen LogP contribution >= 0.6 is 11.6 Å². The molecule has 0 atom stereocenters. The molecule has 0 aliphatic carbocycles. The Hall–Kier alpha value is -2.79. The molecule has 1 aromatic carbocycles. The first kappa shape index (κ1) is 20.9. The fourth-order valence-corrected chi connectivity index (χ4v) is 3.53. The Kier molecular flexibility index (Phi) is 5.99. The number of pyridine rings is 1. The fraction of sp³-hybridized carbons (Fsp3) is 0.304. The van der Waals surface area contributed by atoms with Crippen LogP contribution in [-0.4, -0.2) is 27.8 Å². The van der Waals surface area contributed by atoms with E-state index in [0.717, 1.165) is 33.6 Å². The quantitative estimate of drug-likeness (QED) is 0.541. The van der Waals surface area contributed by atoms with Crippen LogP contribution in [0.25, 0.3) is 11.1 Å². The van der Waals surface area contributed by atoms with Crippen molar-refractivity contribution in [3.63, 3.8) is 0 Å². The Bertz CT molecular complexity index is 1050. The Labute approximate surface area is 176 Å². The molecule has 0 bridgehead atoms. The molecular formula is C23H24ClN3O2. The Morgan fingerprint density at radius 3 is 2.34 bits per heavy atom. The third-order valence-corrected chi connectivity index (χ3v) is 5.44. The summed E-state index contributed by atoms with van der Waals surface area (Å²) in [6, 6.07) is 7.86. The highest BCUT2D eigenvalue weighted by Gasteiger charge is 2.31. The molecule has 0 fully saturated rings. The lowest BCUT2D eigenvalue weighted by atomic mass is 9.76. The van der Waals surface area contributed by atoms with Crippen LogP contribution < -0.4 is 4.74 Å². The Morgan fingerprint density at radius 1 is 1.03 bits per heavy atom. The zero-order chi connectivity index (χ0) is 21.2. The van der Waals surface area contributed by atoms with Gasteiger partial charge in [0.15, 0.2) is 10.9 Å². The van der Waals surface area contributed by atoms with E-state index < -0.39 is 5.41 Å². The van der Waals surface area contributed by atoms with Crippen molar-refractivity contribution in [1.29, 1.82) is 0 Å². The first-order valence-corrected chi connectivity index (χ1v) is 9.72. The maximum Gasteiger partial charge on any atom is 0.171 e. The predicted octanol–water partition coefficient (Wildman–Crippen LogP) is 4.91. The second-order valence-electron chi connectivity index (χ2n) is 7.61. The summed E-state index contributed by atoms with van der Waals surface area (Å²) in [4.78, 5) is 25.8. The summed E-state index contributed by atoms with van der Waals surface area (Å²) in [6.45, 7) is 7.79. The maximum atomic E-state index is 13.1. The third-order valence-electron chi connectivity index (χ3n) is 5.16. The van der Waals surface area contributed by atoms with Gasteiger partial charge in [0.05, 0.1) is 7.11 Å². The van der Waals surface area contributed by atoms with Gasteiger partial charge in [0.1, 0.15) is 11.6 Å². The summed E-state index contributed by atoms with van der Waals surface area (Å²) in [5.41, 5.74) is 4.14. The van der Waals surface area contributed by atoms with Crippen molar-refractivity contribution in [2.45, 2.75) is 39.5 Å². The van der Waals surface area contributed by atoms with Gasteiger partial charge >= 0.3 is 0 Å². The van der Waals surface area contributed by atoms with Crippen molar-refractivity contribution >= 4 is 17.4 Å². The summed E-state index contributed by atoms with van der Waals surface area (Å²) in [5.74, 6) is 1.30. The Balaban J connectivity index is 1.86. The smallest absolute Gasteiger partial charge is 0.171 e. The number of Topliss-reactive ketones (excluding diaryl/α,β-unsaturated/α-hetero) is 1. The van der Waals surface area contributed by atoms with E-state index in [0.29, 0.717) is 5.75 Å². The van der Waals surface area contributed by atoms with Crippen LogP contribution in [0, 0.1) is 13.8 Å². The van der Waals surface area contributed by atoms with Gasteiger partial charge in [0, 0.05) is 36.0 Å². The highest BCUT2D eigenvalue weighted by Crippen LogP contribution is 2.32. The van der Waals surface area contributed by atoms with Gasteiger partial charge in [-0.2, -0.15) is 0 Å². The number of benzene rings is 1. The molecule has 0 unspecified atom stereocenters. The van der Waals surface area contributed by atoms with E-state index in [1.165, 1.54) is 7.11 Å². The molecule has 150 valence electrons. The minimum atomic E-state index is -0.654. The van der Waals surface area contributed by atoms with Crippen LogP contribution in [0.1, 0.15) is 36.4 Å². The summed E-state index contributed by atoms with van der Waals surface area (Å²) < 4.78 is 5.20. The molecule has 6 heteroatoms. The SMILES string of the molecule is COc1cc(CC(=O)C(C)(C)c2ccc(-c3cnc(C)nc3)cc2C)cnc1Cl. The zero-order valence-electron chi connectivity index (χ0n) is 17.3. The fourth-order valence-electron chi connectivity index (χ4n) is 3.35. The van der Waals surface area contributed by atoms with Gasteiger partial charge in [-0.1, -0.05) is 29.8 Å². The van der Waals surface area contributed by atoms with Crippen molar-refractivity contribution in [2.75, 3.05) is 7.11 Å². The molecular weight excluding hydrogens is 386 g/mol. The van der Waals surface area contributed by atoms with Crippen LogP contribution in [0.4, 0.5) is 0 Å². The molecule has 0 saturated heterocycles. The van der Waals surface area contributed by atoms with Crippen molar-refractivity contribution < 1.29 is 9.53 Å². The minimum absolute atomic E-state index is 0.0956. The van der Waals surface area contributed by atoms with Crippen LogP contribution in [0.3, 0.4) is 0 Å². The number of halogens is 1. The molecule has 3 rings (SSSR count). The van der Waals surface area contributed by atoms with Crippen LogP contribution in [-0.2, 0) is 16.6 Å². The average Bonchev–Trinajstić information content (AvgIpc) is 2.69. The maximum absolute atomic E-state index is 13.1. The van der Waals surface area contributed by atoms with Gasteiger partial charge < -0.3 is 4.74 Å². The monoisotopic (exact) mass is 409 g/mol. The molecule has 0 amide bonds. The highest BCUT2D eigenvalue weighted by molar-refractivity contribution is 6.30. The number of aryl methyl sites for hydroxylation is 2. The second kappa shape index (κ2) is 8.29. The molecule has 2 heterocycles. The standard InChI is InChI=1S/C23H24ClN3O2/c1-14-8-17(18-12-25-15(2)26-13-18)6-7-19(14)23(3,4)21(28)10-16-9-20(29-5)22(24)27-11-16/h6-9,11-13H,10H2,1-5H3. The number of methoxy groups -OCH3 is 1. The molecule has 0 radical (unpaired) electrons. The molecule has 0 spiro atoms. The van der Waals surface area contributed by atoms with Gasteiger partial charge in [0.2, 0.25) is 0 Å². The van der Waals surface area contributed by atoms with Crippen LogP contribution in [0.2, 0.25) is 5.15 Å². The lowest BCUT2D eigenvalue weighted by molar-refractivity contribution is -0.122. The van der Waals surface area contributed by atoms with Crippen LogP contribution in [0.5, 0.6) is 5.75 Å². The number of ketones is 1. The number of rotatable bonds is 6. The number of hydrogen-bond donors (Lipinski definition) is 0. The topological polar surface area (TPSA) is 65.0 Å². The minimum Gasteiger partial charge on any atom is -0.494 e. The largest absolute Gasteiger partial charge is 0.494 e. The summed E-state index contributed by atoms with van der Waals surface area (Å²) in [6.07, 6.45) is 5.49. The molecule has 29 heavy (non-hydrogen) atoms. The molecule has 0 N–H and O–H groups in total. The van der Waals surface area contributed by atoms with Crippen molar-refractivity contribution in [3.05, 3.63) is 70.5 Å². The first-order valence-electron chi connectivity index (χ1n) is 9.34. The van der Waals surface area contributed by atoms with Crippen molar-refractivity contribution in [2.24, 2.45) is 0 Å². The number of ether oxygens (including phenoxy) is 1. The van der Waals surface area contributed by atoms with E-state index in [1.807, 2.05) is 52.2 Å². The first-order chi connectivity index (χ1) is 13.7. The molecule has 2 aromatic heterocycles. The van der Waals surface area contributed by atoms with E-state index >= 15 is 0 Å². The molecule has 5 nitrogen and oxygen atoms in total. The third kappa shape index (κ3) is 4.46. The van der Waals surface area contributed by atoms with Crippen molar-refractivity contribution in [3.8, 4) is 16.9 Å². The van der Waals surface area contributed by atoms with E-state index in [9.17, 15) is 4.79 Å². The molecule has 0 saturated carbocycles. The summed E-state index contributed by atoms with van der Waals surface area (Å²) >= 11 is 5.98. The summed E-state index contributed by atoms with van der Waals surface area (Å²) in [7, 11) is 1.53. The number of carbonyl (C=O) groups excluding carboxylic acids is 1. The van der Waals surface area contributed by atoms with Gasteiger partial charge in [-0.15, -0.1) is 0 Å². The second-order valence-corrected chi connectivity index (χ2v) is 7.97. The number of aromatic nitrogens is 3. The average molecular weight is 410 g/mol.